The first-order valence-electron chi connectivity index (χ1n) is 11.3. The number of ether oxygens (including phenoxy) is 1. The number of esters is 1. The van der Waals surface area contributed by atoms with Gasteiger partial charge in [-0.15, -0.1) is 0 Å². The molecular weight excluding hydrogens is 378 g/mol. The van der Waals surface area contributed by atoms with Crippen LogP contribution in [-0.2, 0) is 20.7 Å². The van der Waals surface area contributed by atoms with E-state index in [1.807, 2.05) is 61.2 Å². The molecule has 5 heteroatoms. The number of hydrogen-bond donors (Lipinski definition) is 1. The Kier molecular flexibility index (Phi) is 10.6. The predicted octanol–water partition coefficient (Wildman–Crippen LogP) is 4.43. The lowest BCUT2D eigenvalue weighted by Gasteiger charge is -2.34. The molecule has 0 aromatic heterocycles. The first-order valence-corrected chi connectivity index (χ1v) is 11.3. The smallest absolute Gasteiger partial charge is 0.306 e. The first-order chi connectivity index (χ1) is 14.5. The Morgan fingerprint density at radius 3 is 2.67 bits per heavy atom. The molecule has 2 atom stereocenters. The van der Waals surface area contributed by atoms with E-state index in [0.29, 0.717) is 19.3 Å². The molecular formula is C25H37NO4. The quantitative estimate of drug-likeness (QED) is 0.312. The lowest BCUT2D eigenvalue weighted by Crippen LogP contribution is -2.43. The summed E-state index contributed by atoms with van der Waals surface area (Å²) in [5.41, 5.74) is 1.10. The third-order valence-corrected chi connectivity index (χ3v) is 5.35. The van der Waals surface area contributed by atoms with Crippen molar-refractivity contribution in [3.63, 3.8) is 0 Å². The molecule has 0 saturated carbocycles. The summed E-state index contributed by atoms with van der Waals surface area (Å²) in [5, 5.41) is 10.3. The largest absolute Gasteiger partial charge is 0.463 e. The Morgan fingerprint density at radius 2 is 1.93 bits per heavy atom. The van der Waals surface area contributed by atoms with Crippen LogP contribution in [-0.4, -0.2) is 46.7 Å². The standard InChI is InChI=1S/C25H37NO4/c1-20(2)30-25(29)15-8-3-4-9-18-26-22(13-10-14-24(26)28)16-17-23(27)19-21-11-6-5-7-12-21/h5-7,11-12,16-17,20,22-23,27H,3-4,8-10,13-15,18-19H2,1-2H3/b17-16+/t22-,23-/m1/s1. The van der Waals surface area contributed by atoms with Crippen molar-refractivity contribution in [3.8, 4) is 0 Å². The van der Waals surface area contributed by atoms with Gasteiger partial charge >= 0.3 is 5.97 Å². The van der Waals surface area contributed by atoms with Crippen molar-refractivity contribution < 1.29 is 19.4 Å². The van der Waals surface area contributed by atoms with Gasteiger partial charge in [-0.3, -0.25) is 9.59 Å². The molecule has 1 fully saturated rings. The van der Waals surface area contributed by atoms with Gasteiger partial charge in [0.1, 0.15) is 0 Å². The summed E-state index contributed by atoms with van der Waals surface area (Å²) in [7, 11) is 0. The minimum Gasteiger partial charge on any atom is -0.463 e. The number of carbonyl (C=O) groups is 2. The van der Waals surface area contributed by atoms with E-state index < -0.39 is 6.10 Å². The van der Waals surface area contributed by atoms with Crippen LogP contribution in [0.15, 0.2) is 42.5 Å². The lowest BCUT2D eigenvalue weighted by molar-refractivity contribution is -0.147. The van der Waals surface area contributed by atoms with E-state index in [1.54, 1.807) is 0 Å². The molecule has 0 spiro atoms. The molecule has 1 N–H and O–H groups in total. The van der Waals surface area contributed by atoms with Crippen LogP contribution in [0.3, 0.4) is 0 Å². The monoisotopic (exact) mass is 415 g/mol. The fourth-order valence-electron chi connectivity index (χ4n) is 3.84. The summed E-state index contributed by atoms with van der Waals surface area (Å²) in [6.07, 6.45) is 10.5. The molecule has 1 aromatic rings. The highest BCUT2D eigenvalue weighted by atomic mass is 16.5. The van der Waals surface area contributed by atoms with Gasteiger partial charge in [0.25, 0.3) is 0 Å². The Balaban J connectivity index is 1.73. The van der Waals surface area contributed by atoms with Crippen molar-refractivity contribution in [3.05, 3.63) is 48.0 Å². The van der Waals surface area contributed by atoms with Crippen LogP contribution in [0.25, 0.3) is 0 Å². The maximum atomic E-state index is 12.4. The minimum absolute atomic E-state index is 0.0567. The number of amides is 1. The fourth-order valence-corrected chi connectivity index (χ4v) is 3.84. The van der Waals surface area contributed by atoms with Gasteiger partial charge in [-0.05, 0) is 45.1 Å². The number of benzene rings is 1. The minimum atomic E-state index is -0.545. The molecule has 1 aromatic carbocycles. The summed E-state index contributed by atoms with van der Waals surface area (Å²) in [5.74, 6) is 0.0735. The molecule has 2 rings (SSSR count). The van der Waals surface area contributed by atoms with Crippen molar-refractivity contribution in [2.24, 2.45) is 0 Å². The number of carbonyl (C=O) groups excluding carboxylic acids is 2. The molecule has 1 aliphatic heterocycles. The van der Waals surface area contributed by atoms with Crippen LogP contribution in [0.4, 0.5) is 0 Å². The van der Waals surface area contributed by atoms with Gasteiger partial charge in [0, 0.05) is 25.8 Å². The number of likely N-dealkylation sites (tertiary alicyclic amines) is 1. The number of unbranched alkanes of at least 4 members (excludes halogenated alkanes) is 3. The number of aliphatic hydroxyl groups excluding tert-OH is 1. The van der Waals surface area contributed by atoms with E-state index in [4.69, 9.17) is 4.74 Å². The zero-order valence-electron chi connectivity index (χ0n) is 18.5. The van der Waals surface area contributed by atoms with Gasteiger partial charge in [-0.1, -0.05) is 55.3 Å². The molecule has 1 aliphatic rings. The number of hydrogen-bond acceptors (Lipinski definition) is 4. The summed E-state index contributed by atoms with van der Waals surface area (Å²) in [6, 6.07) is 10.00. The maximum Gasteiger partial charge on any atom is 0.306 e. The molecule has 0 radical (unpaired) electrons. The van der Waals surface area contributed by atoms with Gasteiger partial charge in [0.15, 0.2) is 0 Å². The van der Waals surface area contributed by atoms with Crippen LogP contribution < -0.4 is 0 Å². The van der Waals surface area contributed by atoms with E-state index in [0.717, 1.165) is 50.6 Å². The van der Waals surface area contributed by atoms with Gasteiger partial charge in [-0.2, -0.15) is 0 Å². The maximum absolute atomic E-state index is 12.4. The average molecular weight is 416 g/mol. The first kappa shape index (κ1) is 24.1. The van der Waals surface area contributed by atoms with E-state index >= 15 is 0 Å². The highest BCUT2D eigenvalue weighted by Crippen LogP contribution is 2.21. The third kappa shape index (κ3) is 9.12. The average Bonchev–Trinajstić information content (AvgIpc) is 2.70. The highest BCUT2D eigenvalue weighted by Gasteiger charge is 2.25. The van der Waals surface area contributed by atoms with Crippen LogP contribution in [0, 0.1) is 0 Å². The molecule has 166 valence electrons. The van der Waals surface area contributed by atoms with Crippen molar-refractivity contribution in [1.82, 2.24) is 4.90 Å². The molecule has 5 nitrogen and oxygen atoms in total. The normalized spacial score (nSPS) is 18.2. The SMILES string of the molecule is CC(C)OC(=O)CCCCCCN1C(=O)CCC[C@@H]1/C=C/[C@@H](O)Cc1ccccc1. The van der Waals surface area contributed by atoms with Gasteiger partial charge in [0.2, 0.25) is 5.91 Å². The summed E-state index contributed by atoms with van der Waals surface area (Å²) >= 11 is 0. The van der Waals surface area contributed by atoms with Crippen LogP contribution in [0.5, 0.6) is 0 Å². The van der Waals surface area contributed by atoms with E-state index in [2.05, 4.69) is 0 Å². The molecule has 30 heavy (non-hydrogen) atoms. The Hall–Kier alpha value is -2.14. The van der Waals surface area contributed by atoms with Gasteiger partial charge in [-0.25, -0.2) is 0 Å². The van der Waals surface area contributed by atoms with Gasteiger partial charge in [0.05, 0.1) is 18.2 Å². The molecule has 0 bridgehead atoms. The van der Waals surface area contributed by atoms with E-state index in [9.17, 15) is 14.7 Å². The predicted molar refractivity (Wildman–Crippen MR) is 119 cm³/mol. The highest BCUT2D eigenvalue weighted by molar-refractivity contribution is 5.77. The molecule has 0 aliphatic carbocycles. The number of piperidine rings is 1. The Labute approximate surface area is 181 Å². The van der Waals surface area contributed by atoms with Crippen LogP contribution in [0.2, 0.25) is 0 Å². The Morgan fingerprint density at radius 1 is 1.20 bits per heavy atom. The van der Waals surface area contributed by atoms with Gasteiger partial charge < -0.3 is 14.7 Å². The second-order valence-corrected chi connectivity index (χ2v) is 8.39. The van der Waals surface area contributed by atoms with E-state index in [-0.39, 0.29) is 24.0 Å². The van der Waals surface area contributed by atoms with Crippen molar-refractivity contribution in [2.45, 2.75) is 89.9 Å². The zero-order valence-corrected chi connectivity index (χ0v) is 18.5. The number of nitrogens with zero attached hydrogens (tertiary/aromatic N) is 1. The summed E-state index contributed by atoms with van der Waals surface area (Å²) < 4.78 is 5.14. The van der Waals surface area contributed by atoms with E-state index in [1.165, 1.54) is 0 Å². The molecule has 1 amide bonds. The summed E-state index contributed by atoms with van der Waals surface area (Å²) in [6.45, 7) is 4.46. The zero-order chi connectivity index (χ0) is 21.8. The van der Waals surface area contributed by atoms with Crippen molar-refractivity contribution in [2.75, 3.05) is 6.54 Å². The third-order valence-electron chi connectivity index (χ3n) is 5.35. The van der Waals surface area contributed by atoms with Crippen LogP contribution in [0.1, 0.15) is 70.8 Å². The molecule has 1 heterocycles. The lowest BCUT2D eigenvalue weighted by atomic mass is 9.99. The molecule has 0 unspecified atom stereocenters. The molecule has 1 saturated heterocycles. The van der Waals surface area contributed by atoms with Crippen molar-refractivity contribution >= 4 is 11.9 Å². The topological polar surface area (TPSA) is 66.8 Å². The van der Waals surface area contributed by atoms with Crippen molar-refractivity contribution in [1.29, 1.82) is 0 Å². The number of aliphatic hydroxyl groups is 1. The second-order valence-electron chi connectivity index (χ2n) is 8.39. The fraction of sp³-hybridized carbons (Fsp3) is 0.600. The second kappa shape index (κ2) is 13.2. The summed E-state index contributed by atoms with van der Waals surface area (Å²) in [4.78, 5) is 25.9. The van der Waals surface area contributed by atoms with Crippen LogP contribution >= 0.6 is 0 Å². The Bertz CT molecular complexity index is 671. The number of rotatable bonds is 12.